The van der Waals surface area contributed by atoms with E-state index in [1.165, 1.54) is 13.2 Å². The molecule has 1 amide bonds. The van der Waals surface area contributed by atoms with Crippen molar-refractivity contribution >= 4 is 11.6 Å². The molecule has 2 rings (SSSR count). The molecule has 1 saturated heterocycles. The molecule has 0 spiro atoms. The van der Waals surface area contributed by atoms with Crippen molar-refractivity contribution in [1.29, 1.82) is 0 Å². The van der Waals surface area contributed by atoms with Crippen molar-refractivity contribution in [3.8, 4) is 11.5 Å². The molecule has 6 heteroatoms. The molecule has 1 aliphatic heterocycles. The topological polar surface area (TPSA) is 93.8 Å². The van der Waals surface area contributed by atoms with Gasteiger partial charge in [0.25, 0.3) is 0 Å². The third-order valence-electron chi connectivity index (χ3n) is 3.29. The summed E-state index contributed by atoms with van der Waals surface area (Å²) in [5.74, 6) is 0.204. The second-order valence-electron chi connectivity index (χ2n) is 4.61. The average molecular weight is 266 g/mol. The normalized spacial score (nSPS) is 17.8. The van der Waals surface area contributed by atoms with E-state index < -0.39 is 5.54 Å². The lowest BCUT2D eigenvalue weighted by atomic mass is 9.90. The SMILES string of the molecule is COc1ccc(O)c(NC(=O)C2(N)CCOCC2)c1. The molecule has 0 atom stereocenters. The first-order valence-corrected chi connectivity index (χ1v) is 6.10. The summed E-state index contributed by atoms with van der Waals surface area (Å²) in [7, 11) is 1.51. The number of hydrogen-bond donors (Lipinski definition) is 3. The minimum Gasteiger partial charge on any atom is -0.506 e. The van der Waals surface area contributed by atoms with Crippen LogP contribution < -0.4 is 15.8 Å². The zero-order chi connectivity index (χ0) is 13.9. The molecular formula is C13H18N2O4. The molecule has 0 radical (unpaired) electrons. The predicted octanol–water partition coefficient (Wildman–Crippen LogP) is 0.847. The summed E-state index contributed by atoms with van der Waals surface area (Å²) in [4.78, 5) is 12.2. The van der Waals surface area contributed by atoms with Crippen LogP contribution in [0.25, 0.3) is 0 Å². The summed E-state index contributed by atoms with van der Waals surface area (Å²) in [5, 5.41) is 12.4. The molecule has 1 fully saturated rings. The number of carbonyl (C=O) groups excluding carboxylic acids is 1. The second-order valence-corrected chi connectivity index (χ2v) is 4.61. The molecule has 0 aliphatic carbocycles. The van der Waals surface area contributed by atoms with Crippen LogP contribution in [0.4, 0.5) is 5.69 Å². The van der Waals surface area contributed by atoms with Gasteiger partial charge in [0.05, 0.1) is 12.8 Å². The fraction of sp³-hybridized carbons (Fsp3) is 0.462. The Labute approximate surface area is 111 Å². The number of rotatable bonds is 3. The third-order valence-corrected chi connectivity index (χ3v) is 3.29. The number of anilines is 1. The van der Waals surface area contributed by atoms with E-state index in [4.69, 9.17) is 15.2 Å². The van der Waals surface area contributed by atoms with Gasteiger partial charge < -0.3 is 25.6 Å². The molecule has 0 unspecified atom stereocenters. The Morgan fingerprint density at radius 1 is 1.47 bits per heavy atom. The summed E-state index contributed by atoms with van der Waals surface area (Å²) in [6, 6.07) is 4.62. The first kappa shape index (κ1) is 13.6. The number of methoxy groups -OCH3 is 1. The molecule has 0 bridgehead atoms. The van der Waals surface area contributed by atoms with Gasteiger partial charge in [0.15, 0.2) is 0 Å². The number of amides is 1. The fourth-order valence-corrected chi connectivity index (χ4v) is 1.95. The van der Waals surface area contributed by atoms with Gasteiger partial charge >= 0.3 is 0 Å². The highest BCUT2D eigenvalue weighted by Gasteiger charge is 2.36. The Bertz CT molecular complexity index is 470. The van der Waals surface area contributed by atoms with Crippen LogP contribution in [0.1, 0.15) is 12.8 Å². The van der Waals surface area contributed by atoms with Gasteiger partial charge in [0.1, 0.15) is 17.0 Å². The van der Waals surface area contributed by atoms with Gasteiger partial charge in [0, 0.05) is 19.3 Å². The van der Waals surface area contributed by atoms with E-state index in [-0.39, 0.29) is 11.7 Å². The number of ether oxygens (including phenoxy) is 2. The molecule has 1 heterocycles. The van der Waals surface area contributed by atoms with Gasteiger partial charge in [-0.15, -0.1) is 0 Å². The van der Waals surface area contributed by atoms with Crippen LogP contribution in [0.2, 0.25) is 0 Å². The number of hydrogen-bond acceptors (Lipinski definition) is 5. The Morgan fingerprint density at radius 3 is 2.79 bits per heavy atom. The highest BCUT2D eigenvalue weighted by Crippen LogP contribution is 2.29. The standard InChI is InChI=1S/C13H18N2O4/c1-18-9-2-3-11(16)10(8-9)15-12(17)13(14)4-6-19-7-5-13/h2-3,8,16H,4-7,14H2,1H3,(H,15,17). The first-order chi connectivity index (χ1) is 9.05. The highest BCUT2D eigenvalue weighted by atomic mass is 16.5. The Kier molecular flexibility index (Phi) is 3.92. The van der Waals surface area contributed by atoms with E-state index in [1.807, 2.05) is 0 Å². The molecule has 104 valence electrons. The minimum absolute atomic E-state index is 0.0233. The molecule has 1 aromatic carbocycles. The van der Waals surface area contributed by atoms with Crippen molar-refractivity contribution in [2.75, 3.05) is 25.6 Å². The molecule has 6 nitrogen and oxygen atoms in total. The molecule has 0 saturated carbocycles. The Morgan fingerprint density at radius 2 is 2.16 bits per heavy atom. The summed E-state index contributed by atoms with van der Waals surface area (Å²) in [6.07, 6.45) is 0.924. The van der Waals surface area contributed by atoms with Crippen molar-refractivity contribution in [2.24, 2.45) is 5.73 Å². The van der Waals surface area contributed by atoms with E-state index in [9.17, 15) is 9.90 Å². The number of phenolic OH excluding ortho intramolecular Hbond substituents is 1. The van der Waals surface area contributed by atoms with Crippen LogP contribution >= 0.6 is 0 Å². The van der Waals surface area contributed by atoms with E-state index in [1.54, 1.807) is 12.1 Å². The fourth-order valence-electron chi connectivity index (χ4n) is 1.95. The van der Waals surface area contributed by atoms with Crippen molar-refractivity contribution in [1.82, 2.24) is 0 Å². The highest BCUT2D eigenvalue weighted by molar-refractivity contribution is 5.99. The molecule has 0 aromatic heterocycles. The zero-order valence-electron chi connectivity index (χ0n) is 10.8. The van der Waals surface area contributed by atoms with Gasteiger partial charge in [0.2, 0.25) is 5.91 Å². The second kappa shape index (κ2) is 5.46. The lowest BCUT2D eigenvalue weighted by Gasteiger charge is -2.31. The number of benzene rings is 1. The average Bonchev–Trinajstić information content (AvgIpc) is 2.42. The van der Waals surface area contributed by atoms with Crippen molar-refractivity contribution < 1.29 is 19.4 Å². The van der Waals surface area contributed by atoms with Crippen molar-refractivity contribution in [3.05, 3.63) is 18.2 Å². The Balaban J connectivity index is 2.14. The van der Waals surface area contributed by atoms with Gasteiger partial charge in [-0.2, -0.15) is 0 Å². The van der Waals surface area contributed by atoms with Crippen LogP contribution in [0.15, 0.2) is 18.2 Å². The number of aromatic hydroxyl groups is 1. The molecule has 1 aromatic rings. The molecule has 19 heavy (non-hydrogen) atoms. The predicted molar refractivity (Wildman–Crippen MR) is 70.3 cm³/mol. The summed E-state index contributed by atoms with van der Waals surface area (Å²) < 4.78 is 10.2. The monoisotopic (exact) mass is 266 g/mol. The summed E-state index contributed by atoms with van der Waals surface area (Å²) in [5.41, 5.74) is 5.41. The summed E-state index contributed by atoms with van der Waals surface area (Å²) in [6.45, 7) is 0.933. The van der Waals surface area contributed by atoms with Gasteiger partial charge in [-0.05, 0) is 25.0 Å². The molecule has 4 N–H and O–H groups in total. The minimum atomic E-state index is -0.951. The van der Waals surface area contributed by atoms with E-state index in [0.29, 0.717) is 37.5 Å². The lowest BCUT2D eigenvalue weighted by molar-refractivity contribution is -0.124. The zero-order valence-corrected chi connectivity index (χ0v) is 10.8. The van der Waals surface area contributed by atoms with Crippen LogP contribution in [0.3, 0.4) is 0 Å². The number of nitrogens with one attached hydrogen (secondary N) is 1. The third kappa shape index (κ3) is 2.97. The molecular weight excluding hydrogens is 248 g/mol. The number of nitrogens with two attached hydrogens (primary N) is 1. The maximum absolute atomic E-state index is 12.2. The van der Waals surface area contributed by atoms with Crippen LogP contribution in [0.5, 0.6) is 11.5 Å². The molecule has 1 aliphatic rings. The quantitative estimate of drug-likeness (QED) is 0.705. The largest absolute Gasteiger partial charge is 0.506 e. The maximum Gasteiger partial charge on any atom is 0.244 e. The smallest absolute Gasteiger partial charge is 0.244 e. The Hall–Kier alpha value is -1.79. The van der Waals surface area contributed by atoms with E-state index in [0.717, 1.165) is 0 Å². The van der Waals surface area contributed by atoms with Gasteiger partial charge in [-0.25, -0.2) is 0 Å². The first-order valence-electron chi connectivity index (χ1n) is 6.10. The summed E-state index contributed by atoms with van der Waals surface area (Å²) >= 11 is 0. The van der Waals surface area contributed by atoms with Gasteiger partial charge in [-0.1, -0.05) is 0 Å². The van der Waals surface area contributed by atoms with E-state index >= 15 is 0 Å². The van der Waals surface area contributed by atoms with Crippen LogP contribution in [-0.4, -0.2) is 36.9 Å². The van der Waals surface area contributed by atoms with Gasteiger partial charge in [-0.3, -0.25) is 4.79 Å². The van der Waals surface area contributed by atoms with E-state index in [2.05, 4.69) is 5.32 Å². The number of phenols is 1. The lowest BCUT2D eigenvalue weighted by Crippen LogP contribution is -2.54. The van der Waals surface area contributed by atoms with Crippen molar-refractivity contribution in [3.63, 3.8) is 0 Å². The van der Waals surface area contributed by atoms with Crippen LogP contribution in [-0.2, 0) is 9.53 Å². The number of carbonyl (C=O) groups is 1. The van der Waals surface area contributed by atoms with Crippen molar-refractivity contribution in [2.45, 2.75) is 18.4 Å². The van der Waals surface area contributed by atoms with Crippen LogP contribution in [0, 0.1) is 0 Å². The maximum atomic E-state index is 12.2.